The Balaban J connectivity index is 2.21. The van der Waals surface area contributed by atoms with Crippen LogP contribution in [0.4, 0.5) is 0 Å². The third kappa shape index (κ3) is 6.67. The Labute approximate surface area is 233 Å². The van der Waals surface area contributed by atoms with E-state index in [2.05, 4.69) is 0 Å². The molecule has 4 atom stereocenters. The van der Waals surface area contributed by atoms with Crippen molar-refractivity contribution in [2.45, 2.75) is 69.6 Å². The molecular formula is C27H31Cl2N3O5S. The maximum Gasteiger partial charge on any atom is 0.253 e. The van der Waals surface area contributed by atoms with Crippen LogP contribution in [0.5, 0.6) is 0 Å². The van der Waals surface area contributed by atoms with Crippen LogP contribution in [0.15, 0.2) is 48.5 Å². The van der Waals surface area contributed by atoms with E-state index in [0.717, 1.165) is 0 Å². The third-order valence-corrected chi connectivity index (χ3v) is 9.77. The van der Waals surface area contributed by atoms with Gasteiger partial charge in [-0.2, -0.15) is 5.26 Å². The number of sulfone groups is 1. The van der Waals surface area contributed by atoms with Gasteiger partial charge in [0.1, 0.15) is 12.2 Å². The van der Waals surface area contributed by atoms with E-state index in [-0.39, 0.29) is 5.75 Å². The van der Waals surface area contributed by atoms with Gasteiger partial charge < -0.3 is 9.64 Å². The summed E-state index contributed by atoms with van der Waals surface area (Å²) in [6.07, 6.45) is -0.544. The van der Waals surface area contributed by atoms with Crippen LogP contribution in [0.3, 0.4) is 0 Å². The third-order valence-electron chi connectivity index (χ3n) is 6.59. The number of hydrogen-bond donors (Lipinski definition) is 1. The number of hydrogen-bond acceptors (Lipinski definition) is 6. The Hall–Kier alpha value is -2.64. The van der Waals surface area contributed by atoms with Crippen LogP contribution < -0.4 is 5.32 Å². The van der Waals surface area contributed by atoms with E-state index in [1.54, 1.807) is 75.5 Å². The average Bonchev–Trinajstić information content (AvgIpc) is 2.83. The summed E-state index contributed by atoms with van der Waals surface area (Å²) in [5.74, 6) is -1.49. The Morgan fingerprint density at radius 3 is 2.34 bits per heavy atom. The summed E-state index contributed by atoms with van der Waals surface area (Å²) in [6.45, 7) is 6.68. The van der Waals surface area contributed by atoms with E-state index in [4.69, 9.17) is 33.2 Å². The van der Waals surface area contributed by atoms with Crippen molar-refractivity contribution in [3.8, 4) is 6.19 Å². The molecule has 204 valence electrons. The number of carbonyl (C=O) groups excluding carboxylic acids is 2. The topological polar surface area (TPSA) is 117 Å². The van der Waals surface area contributed by atoms with Gasteiger partial charge in [-0.15, -0.1) is 0 Å². The fourth-order valence-electron chi connectivity index (χ4n) is 4.42. The minimum atomic E-state index is -3.63. The highest BCUT2D eigenvalue weighted by Crippen LogP contribution is 2.45. The Morgan fingerprint density at radius 1 is 1.13 bits per heavy atom. The number of nitriles is 1. The van der Waals surface area contributed by atoms with E-state index < -0.39 is 57.1 Å². The van der Waals surface area contributed by atoms with Gasteiger partial charge in [0.15, 0.2) is 16.0 Å². The zero-order chi connectivity index (χ0) is 28.3. The molecule has 1 fully saturated rings. The van der Waals surface area contributed by atoms with Crippen molar-refractivity contribution in [2.24, 2.45) is 0 Å². The molecule has 1 saturated heterocycles. The van der Waals surface area contributed by atoms with Crippen LogP contribution in [-0.2, 0) is 24.2 Å². The average molecular weight is 581 g/mol. The number of amides is 2. The van der Waals surface area contributed by atoms with Gasteiger partial charge in [0.25, 0.3) is 5.91 Å². The summed E-state index contributed by atoms with van der Waals surface area (Å²) >= 11 is 12.4. The summed E-state index contributed by atoms with van der Waals surface area (Å²) in [5, 5.41) is 11.9. The summed E-state index contributed by atoms with van der Waals surface area (Å²) in [5.41, 5.74) is 1.33. The molecule has 0 spiro atoms. The molecule has 1 aliphatic rings. The predicted molar refractivity (Wildman–Crippen MR) is 146 cm³/mol. The van der Waals surface area contributed by atoms with Crippen molar-refractivity contribution in [3.05, 3.63) is 69.7 Å². The molecule has 0 radical (unpaired) electrons. The number of rotatable bonds is 8. The second-order valence-corrected chi connectivity index (χ2v) is 13.8. The molecule has 0 aliphatic carbocycles. The fourth-order valence-corrected chi connectivity index (χ4v) is 6.15. The largest absolute Gasteiger partial charge is 0.357 e. The predicted octanol–water partition coefficient (Wildman–Crippen LogP) is 4.98. The van der Waals surface area contributed by atoms with Crippen LogP contribution in [0.1, 0.15) is 63.8 Å². The number of morpholine rings is 1. The number of benzene rings is 2. The summed E-state index contributed by atoms with van der Waals surface area (Å²) in [4.78, 5) is 27.9. The molecule has 0 bridgehead atoms. The lowest BCUT2D eigenvalue weighted by Gasteiger charge is -2.48. The molecule has 2 aromatic carbocycles. The van der Waals surface area contributed by atoms with E-state index in [9.17, 15) is 18.0 Å². The molecule has 1 heterocycles. The van der Waals surface area contributed by atoms with Crippen molar-refractivity contribution in [3.63, 3.8) is 0 Å². The molecular weight excluding hydrogens is 549 g/mol. The second-order valence-electron chi connectivity index (χ2n) is 10.2. The number of nitrogens with zero attached hydrogens (tertiary/aromatic N) is 2. The first-order valence-electron chi connectivity index (χ1n) is 12.2. The first kappa shape index (κ1) is 29.9. The van der Waals surface area contributed by atoms with Crippen molar-refractivity contribution in [1.29, 1.82) is 5.26 Å². The number of ether oxygens (including phenoxy) is 1. The number of nitrogens with one attached hydrogen (secondary N) is 1. The molecule has 2 aromatic rings. The molecule has 1 unspecified atom stereocenters. The van der Waals surface area contributed by atoms with Gasteiger partial charge >= 0.3 is 0 Å². The Morgan fingerprint density at radius 2 is 1.79 bits per heavy atom. The van der Waals surface area contributed by atoms with Crippen LogP contribution in [-0.4, -0.2) is 47.8 Å². The highest BCUT2D eigenvalue weighted by molar-refractivity contribution is 7.92. The molecule has 38 heavy (non-hydrogen) atoms. The first-order chi connectivity index (χ1) is 17.8. The number of carbonyl (C=O) groups is 2. The van der Waals surface area contributed by atoms with Crippen LogP contribution in [0.25, 0.3) is 0 Å². The van der Waals surface area contributed by atoms with Crippen LogP contribution >= 0.6 is 23.2 Å². The van der Waals surface area contributed by atoms with Gasteiger partial charge in [0.2, 0.25) is 5.91 Å². The SMILES string of the molecule is CCC(CS(=O)(=O)C(C)(C)C)N1C(=O)[C@H](CC(=O)NC#N)O[C@H](c2cccc(Cl)c2)[C@H]1c1ccc(Cl)cc1. The molecule has 1 aliphatic heterocycles. The fraction of sp³-hybridized carbons (Fsp3) is 0.444. The van der Waals surface area contributed by atoms with Crippen molar-refractivity contribution in [1.82, 2.24) is 10.2 Å². The van der Waals surface area contributed by atoms with E-state index >= 15 is 0 Å². The maximum absolute atomic E-state index is 14.0. The highest BCUT2D eigenvalue weighted by atomic mass is 35.5. The Kier molecular flexibility index (Phi) is 9.48. The van der Waals surface area contributed by atoms with Gasteiger partial charge in [-0.05, 0) is 62.6 Å². The van der Waals surface area contributed by atoms with Gasteiger partial charge in [0, 0.05) is 16.1 Å². The summed E-state index contributed by atoms with van der Waals surface area (Å²) in [7, 11) is -3.63. The standard InChI is InChI=1S/C27H31Cl2N3O5S/c1-5-21(15-38(35,36)27(2,3)4)32-24(17-9-11-19(28)12-10-17)25(18-7-6-8-20(29)13-18)37-22(26(32)34)14-23(33)31-16-30/h6-13,21-22,24-25H,5,14-15H2,1-4H3,(H,31,33)/t21?,22-,24+,25+/m0/s1. The summed E-state index contributed by atoms with van der Waals surface area (Å²) in [6, 6.07) is 12.4. The second kappa shape index (κ2) is 12.0. The summed E-state index contributed by atoms with van der Waals surface area (Å²) < 4.78 is 31.8. The molecule has 2 amide bonds. The number of halogens is 2. The van der Waals surface area contributed by atoms with Gasteiger partial charge in [-0.25, -0.2) is 8.42 Å². The minimum Gasteiger partial charge on any atom is -0.357 e. The van der Waals surface area contributed by atoms with Crippen molar-refractivity contribution >= 4 is 44.9 Å². The van der Waals surface area contributed by atoms with Crippen molar-refractivity contribution < 1.29 is 22.7 Å². The highest BCUT2D eigenvalue weighted by Gasteiger charge is 2.48. The van der Waals surface area contributed by atoms with Gasteiger partial charge in [-0.3, -0.25) is 14.9 Å². The molecule has 1 N–H and O–H groups in total. The lowest BCUT2D eigenvalue weighted by atomic mass is 9.89. The quantitative estimate of drug-likeness (QED) is 0.348. The maximum atomic E-state index is 14.0. The molecule has 8 nitrogen and oxygen atoms in total. The zero-order valence-corrected chi connectivity index (χ0v) is 24.0. The minimum absolute atomic E-state index is 0.276. The van der Waals surface area contributed by atoms with E-state index in [1.807, 2.05) is 12.2 Å². The molecule has 11 heteroatoms. The molecule has 0 saturated carbocycles. The van der Waals surface area contributed by atoms with Gasteiger partial charge in [-0.1, -0.05) is 54.4 Å². The lowest BCUT2D eigenvalue weighted by Crippen LogP contribution is -2.57. The smallest absolute Gasteiger partial charge is 0.253 e. The lowest BCUT2D eigenvalue weighted by molar-refractivity contribution is -0.180. The zero-order valence-electron chi connectivity index (χ0n) is 21.6. The van der Waals surface area contributed by atoms with Crippen molar-refractivity contribution in [2.75, 3.05) is 5.75 Å². The molecule has 3 rings (SSSR count). The van der Waals surface area contributed by atoms with E-state index in [1.165, 1.54) is 4.90 Å². The normalized spacial score (nSPS) is 21.0. The van der Waals surface area contributed by atoms with Crippen LogP contribution in [0, 0.1) is 11.5 Å². The van der Waals surface area contributed by atoms with Crippen LogP contribution in [0.2, 0.25) is 10.0 Å². The Bertz CT molecular complexity index is 1320. The monoisotopic (exact) mass is 579 g/mol. The molecule has 0 aromatic heterocycles. The van der Waals surface area contributed by atoms with Gasteiger partial charge in [0.05, 0.1) is 23.0 Å². The first-order valence-corrected chi connectivity index (χ1v) is 14.6. The van der Waals surface area contributed by atoms with E-state index in [0.29, 0.717) is 27.6 Å².